The number of para-hydroxylation sites is 2. The lowest BCUT2D eigenvalue weighted by Crippen LogP contribution is -2.21. The number of aryl methyl sites for hydroxylation is 1. The number of ketones is 1. The molecule has 0 unspecified atom stereocenters. The van der Waals surface area contributed by atoms with Gasteiger partial charge in [-0.1, -0.05) is 38.3 Å². The number of carbonyl (C=O) groups excluding carboxylic acids is 1. The number of hydrogen-bond acceptors (Lipinski definition) is 2. The first kappa shape index (κ1) is 14.3. The molecule has 3 nitrogen and oxygen atoms in total. The van der Waals surface area contributed by atoms with E-state index in [0.29, 0.717) is 12.2 Å². The van der Waals surface area contributed by atoms with E-state index in [4.69, 9.17) is 4.98 Å². The lowest BCUT2D eigenvalue weighted by Gasteiger charge is -2.20. The van der Waals surface area contributed by atoms with Gasteiger partial charge >= 0.3 is 0 Å². The Morgan fingerprint density at radius 1 is 1.24 bits per heavy atom. The van der Waals surface area contributed by atoms with Crippen LogP contribution in [0.3, 0.4) is 0 Å². The molecule has 1 aromatic heterocycles. The number of benzene rings is 1. The van der Waals surface area contributed by atoms with Gasteiger partial charge in [0.2, 0.25) is 0 Å². The number of fused-ring (bicyclic) bond motifs is 1. The van der Waals surface area contributed by atoms with Gasteiger partial charge in [0.05, 0.1) is 17.5 Å². The van der Waals surface area contributed by atoms with Crippen LogP contribution in [0.15, 0.2) is 24.3 Å². The predicted molar refractivity (Wildman–Crippen MR) is 85.3 cm³/mol. The SMILES string of the molecule is CCCn1c(CC(=O)C2CCCCC2)nc2ccccc21. The van der Waals surface area contributed by atoms with E-state index in [1.54, 1.807) is 0 Å². The van der Waals surface area contributed by atoms with Crippen LogP contribution >= 0.6 is 0 Å². The fraction of sp³-hybridized carbons (Fsp3) is 0.556. The zero-order valence-electron chi connectivity index (χ0n) is 12.8. The zero-order chi connectivity index (χ0) is 14.7. The van der Waals surface area contributed by atoms with Crippen molar-refractivity contribution >= 4 is 16.8 Å². The maximum atomic E-state index is 12.5. The molecule has 1 aliphatic carbocycles. The molecular formula is C18H24N2O. The van der Waals surface area contributed by atoms with Crippen molar-refractivity contribution in [1.82, 2.24) is 9.55 Å². The summed E-state index contributed by atoms with van der Waals surface area (Å²) in [6.45, 7) is 3.11. The van der Waals surface area contributed by atoms with Crippen LogP contribution in [0.25, 0.3) is 11.0 Å². The van der Waals surface area contributed by atoms with Crippen LogP contribution in [0, 0.1) is 5.92 Å². The second kappa shape index (κ2) is 6.42. The van der Waals surface area contributed by atoms with E-state index in [2.05, 4.69) is 17.6 Å². The molecule has 3 rings (SSSR count). The van der Waals surface area contributed by atoms with Gasteiger partial charge in [0.15, 0.2) is 0 Å². The van der Waals surface area contributed by atoms with Crippen molar-refractivity contribution in [3.63, 3.8) is 0 Å². The molecule has 0 bridgehead atoms. The molecule has 21 heavy (non-hydrogen) atoms. The van der Waals surface area contributed by atoms with Crippen LogP contribution < -0.4 is 0 Å². The average molecular weight is 284 g/mol. The predicted octanol–water partition coefficient (Wildman–Crippen LogP) is 4.14. The summed E-state index contributed by atoms with van der Waals surface area (Å²) in [7, 11) is 0. The Bertz CT molecular complexity index is 623. The number of hydrogen-bond donors (Lipinski definition) is 0. The topological polar surface area (TPSA) is 34.9 Å². The van der Waals surface area contributed by atoms with Crippen molar-refractivity contribution in [2.45, 2.75) is 58.4 Å². The Kier molecular flexibility index (Phi) is 4.37. The Labute approximate surface area is 126 Å². The third-order valence-corrected chi connectivity index (χ3v) is 4.57. The lowest BCUT2D eigenvalue weighted by atomic mass is 9.85. The summed E-state index contributed by atoms with van der Waals surface area (Å²) in [6.07, 6.45) is 7.42. The molecule has 1 saturated carbocycles. The van der Waals surface area contributed by atoms with E-state index in [1.807, 2.05) is 18.2 Å². The number of aromatic nitrogens is 2. The van der Waals surface area contributed by atoms with Gasteiger partial charge in [0, 0.05) is 12.5 Å². The van der Waals surface area contributed by atoms with E-state index in [-0.39, 0.29) is 5.92 Å². The van der Waals surface area contributed by atoms with Crippen molar-refractivity contribution in [3.8, 4) is 0 Å². The minimum Gasteiger partial charge on any atom is -0.328 e. The molecule has 1 aromatic carbocycles. The normalized spacial score (nSPS) is 16.4. The van der Waals surface area contributed by atoms with Gasteiger partial charge < -0.3 is 4.57 Å². The van der Waals surface area contributed by atoms with Crippen LogP contribution in [-0.4, -0.2) is 15.3 Å². The molecule has 3 heteroatoms. The minimum absolute atomic E-state index is 0.272. The molecule has 0 atom stereocenters. The third-order valence-electron chi connectivity index (χ3n) is 4.57. The maximum Gasteiger partial charge on any atom is 0.143 e. The molecule has 0 aliphatic heterocycles. The second-order valence-corrected chi connectivity index (χ2v) is 6.15. The molecular weight excluding hydrogens is 260 g/mol. The van der Waals surface area contributed by atoms with Gasteiger partial charge in [-0.2, -0.15) is 0 Å². The van der Waals surface area contributed by atoms with E-state index >= 15 is 0 Å². The van der Waals surface area contributed by atoms with Crippen LogP contribution in [-0.2, 0) is 17.8 Å². The Hall–Kier alpha value is -1.64. The Morgan fingerprint density at radius 3 is 2.76 bits per heavy atom. The van der Waals surface area contributed by atoms with Crippen LogP contribution in [0.4, 0.5) is 0 Å². The Morgan fingerprint density at radius 2 is 2.00 bits per heavy atom. The van der Waals surface area contributed by atoms with Crippen LogP contribution in [0.1, 0.15) is 51.3 Å². The van der Waals surface area contributed by atoms with Gasteiger partial charge in [-0.05, 0) is 31.4 Å². The summed E-state index contributed by atoms with van der Waals surface area (Å²) in [4.78, 5) is 17.3. The smallest absolute Gasteiger partial charge is 0.143 e. The summed E-state index contributed by atoms with van der Waals surface area (Å²) in [5.74, 6) is 1.62. The fourth-order valence-corrected chi connectivity index (χ4v) is 3.46. The molecule has 112 valence electrons. The highest BCUT2D eigenvalue weighted by Gasteiger charge is 2.23. The summed E-state index contributed by atoms with van der Waals surface area (Å²) < 4.78 is 2.23. The van der Waals surface area contributed by atoms with E-state index in [9.17, 15) is 4.79 Å². The first-order valence-corrected chi connectivity index (χ1v) is 8.26. The van der Waals surface area contributed by atoms with E-state index in [0.717, 1.165) is 42.7 Å². The minimum atomic E-state index is 0.272. The summed E-state index contributed by atoms with van der Waals surface area (Å²) >= 11 is 0. The quantitative estimate of drug-likeness (QED) is 0.827. The Balaban J connectivity index is 1.85. The number of rotatable bonds is 5. The van der Waals surface area contributed by atoms with Crippen molar-refractivity contribution < 1.29 is 4.79 Å². The maximum absolute atomic E-state index is 12.5. The first-order chi connectivity index (χ1) is 10.3. The van der Waals surface area contributed by atoms with Crippen molar-refractivity contribution in [3.05, 3.63) is 30.1 Å². The largest absolute Gasteiger partial charge is 0.328 e. The summed E-state index contributed by atoms with van der Waals surface area (Å²) in [5.41, 5.74) is 2.17. The van der Waals surface area contributed by atoms with Gasteiger partial charge in [0.1, 0.15) is 11.6 Å². The number of nitrogens with zero attached hydrogens (tertiary/aromatic N) is 2. The zero-order valence-corrected chi connectivity index (χ0v) is 12.8. The number of imidazole rings is 1. The molecule has 2 aromatic rings. The average Bonchev–Trinajstić information content (AvgIpc) is 2.86. The lowest BCUT2D eigenvalue weighted by molar-refractivity contribution is -0.123. The molecule has 0 N–H and O–H groups in total. The molecule has 1 heterocycles. The molecule has 0 amide bonds. The van der Waals surface area contributed by atoms with Crippen molar-refractivity contribution in [1.29, 1.82) is 0 Å². The highest BCUT2D eigenvalue weighted by atomic mass is 16.1. The van der Waals surface area contributed by atoms with Gasteiger partial charge in [-0.25, -0.2) is 4.98 Å². The van der Waals surface area contributed by atoms with Crippen molar-refractivity contribution in [2.24, 2.45) is 5.92 Å². The van der Waals surface area contributed by atoms with Gasteiger partial charge in [-0.15, -0.1) is 0 Å². The third kappa shape index (κ3) is 3.02. The number of carbonyl (C=O) groups is 1. The standard InChI is InChI=1S/C18H24N2O/c1-2-12-20-16-11-7-6-10-15(16)19-18(20)13-17(21)14-8-4-3-5-9-14/h6-7,10-11,14H,2-5,8-9,12-13H2,1H3. The molecule has 0 spiro atoms. The second-order valence-electron chi connectivity index (χ2n) is 6.15. The molecule has 0 saturated heterocycles. The summed E-state index contributed by atoms with van der Waals surface area (Å²) in [6, 6.07) is 8.20. The van der Waals surface area contributed by atoms with Gasteiger partial charge in [0.25, 0.3) is 0 Å². The van der Waals surface area contributed by atoms with Crippen LogP contribution in [0.5, 0.6) is 0 Å². The van der Waals surface area contributed by atoms with Gasteiger partial charge in [-0.3, -0.25) is 4.79 Å². The van der Waals surface area contributed by atoms with E-state index in [1.165, 1.54) is 19.3 Å². The molecule has 1 aliphatic rings. The summed E-state index contributed by atoms with van der Waals surface area (Å²) in [5, 5.41) is 0. The van der Waals surface area contributed by atoms with Crippen LogP contribution in [0.2, 0.25) is 0 Å². The number of Topliss-reactive ketones (excluding diaryl/α,β-unsaturated/α-hetero) is 1. The monoisotopic (exact) mass is 284 g/mol. The fourth-order valence-electron chi connectivity index (χ4n) is 3.46. The first-order valence-electron chi connectivity index (χ1n) is 8.26. The van der Waals surface area contributed by atoms with E-state index < -0.39 is 0 Å². The van der Waals surface area contributed by atoms with Crippen molar-refractivity contribution in [2.75, 3.05) is 0 Å². The molecule has 0 radical (unpaired) electrons. The highest BCUT2D eigenvalue weighted by Crippen LogP contribution is 2.26. The molecule has 1 fully saturated rings. The highest BCUT2D eigenvalue weighted by molar-refractivity contribution is 5.84.